The van der Waals surface area contributed by atoms with Crippen LogP contribution in [0.2, 0.25) is 5.02 Å². The summed E-state index contributed by atoms with van der Waals surface area (Å²) in [6.45, 7) is 2.06. The van der Waals surface area contributed by atoms with Gasteiger partial charge in [-0.1, -0.05) is 11.6 Å². The fourth-order valence-electron chi connectivity index (χ4n) is 2.25. The molecule has 0 heterocycles. The van der Waals surface area contributed by atoms with E-state index >= 15 is 0 Å². The van der Waals surface area contributed by atoms with E-state index in [1.54, 1.807) is 43.5 Å². The number of amides is 2. The van der Waals surface area contributed by atoms with Crippen LogP contribution in [0.15, 0.2) is 42.5 Å². The Morgan fingerprint density at radius 2 is 1.64 bits per heavy atom. The van der Waals surface area contributed by atoms with E-state index in [-0.39, 0.29) is 18.9 Å². The van der Waals surface area contributed by atoms with E-state index in [0.29, 0.717) is 29.5 Å². The van der Waals surface area contributed by atoms with Crippen LogP contribution >= 0.6 is 11.6 Å². The smallest absolute Gasteiger partial charge is 0.276 e. The third kappa shape index (κ3) is 7.36. The summed E-state index contributed by atoms with van der Waals surface area (Å²) in [4.78, 5) is 23.5. The predicted molar refractivity (Wildman–Crippen MR) is 106 cm³/mol. The van der Waals surface area contributed by atoms with Crippen molar-refractivity contribution in [3.05, 3.63) is 53.1 Å². The fraction of sp³-hybridized carbons (Fsp3) is 0.300. The van der Waals surface area contributed by atoms with Crippen LogP contribution in [-0.2, 0) is 9.59 Å². The van der Waals surface area contributed by atoms with E-state index in [1.807, 2.05) is 13.0 Å². The van der Waals surface area contributed by atoms with Crippen molar-refractivity contribution in [2.75, 3.05) is 20.3 Å². The molecule has 0 radical (unpaired) electrons. The summed E-state index contributed by atoms with van der Waals surface area (Å²) in [7, 11) is 1.57. The lowest BCUT2D eigenvalue weighted by molar-refractivity contribution is -0.130. The largest absolute Gasteiger partial charge is 0.497 e. The van der Waals surface area contributed by atoms with Gasteiger partial charge in [0.15, 0.2) is 6.61 Å². The molecule has 0 aliphatic rings. The maximum absolute atomic E-state index is 11.8. The Labute approximate surface area is 168 Å². The molecule has 0 spiro atoms. The number of carbonyl (C=O) groups excluding carboxylic acids is 2. The van der Waals surface area contributed by atoms with Gasteiger partial charge < -0.3 is 14.2 Å². The number of benzene rings is 2. The van der Waals surface area contributed by atoms with Crippen molar-refractivity contribution in [2.24, 2.45) is 0 Å². The summed E-state index contributed by atoms with van der Waals surface area (Å²) in [5, 5.41) is 0.649. The van der Waals surface area contributed by atoms with Crippen LogP contribution in [-0.4, -0.2) is 32.1 Å². The summed E-state index contributed by atoms with van der Waals surface area (Å²) in [5.74, 6) is 1.18. The molecule has 7 nitrogen and oxygen atoms in total. The minimum Gasteiger partial charge on any atom is -0.497 e. The molecular weight excluding hydrogens is 384 g/mol. The number of methoxy groups -OCH3 is 1. The molecule has 0 atom stereocenters. The Bertz CT molecular complexity index is 796. The summed E-state index contributed by atoms with van der Waals surface area (Å²) in [6, 6.07) is 12.2. The highest BCUT2D eigenvalue weighted by atomic mass is 35.5. The van der Waals surface area contributed by atoms with E-state index in [1.165, 1.54) is 0 Å². The van der Waals surface area contributed by atoms with Crippen molar-refractivity contribution < 1.29 is 23.8 Å². The molecule has 0 aliphatic carbocycles. The zero-order valence-corrected chi connectivity index (χ0v) is 16.5. The molecular formula is C20H23ClN2O5. The highest BCUT2D eigenvalue weighted by Crippen LogP contribution is 2.22. The third-order valence-electron chi connectivity index (χ3n) is 3.71. The van der Waals surface area contributed by atoms with Crippen molar-refractivity contribution >= 4 is 23.4 Å². The minimum absolute atomic E-state index is 0.215. The highest BCUT2D eigenvalue weighted by molar-refractivity contribution is 6.30. The summed E-state index contributed by atoms with van der Waals surface area (Å²) in [6.07, 6.45) is 0.721. The molecule has 150 valence electrons. The maximum Gasteiger partial charge on any atom is 0.276 e. The van der Waals surface area contributed by atoms with Gasteiger partial charge in [0.05, 0.1) is 13.7 Å². The lowest BCUT2D eigenvalue weighted by Gasteiger charge is -2.10. The van der Waals surface area contributed by atoms with Crippen molar-refractivity contribution in [3.8, 4) is 17.2 Å². The zero-order valence-electron chi connectivity index (χ0n) is 15.8. The van der Waals surface area contributed by atoms with Crippen molar-refractivity contribution in [2.45, 2.75) is 19.8 Å². The molecule has 2 rings (SSSR count). The lowest BCUT2D eigenvalue weighted by Crippen LogP contribution is -2.43. The van der Waals surface area contributed by atoms with Gasteiger partial charge >= 0.3 is 0 Å². The van der Waals surface area contributed by atoms with E-state index < -0.39 is 5.91 Å². The van der Waals surface area contributed by atoms with Gasteiger partial charge in [-0.15, -0.1) is 0 Å². The number of hydrazine groups is 1. The van der Waals surface area contributed by atoms with E-state index in [9.17, 15) is 9.59 Å². The number of halogens is 1. The average Bonchev–Trinajstić information content (AvgIpc) is 2.69. The quantitative estimate of drug-likeness (QED) is 0.493. The van der Waals surface area contributed by atoms with Crippen LogP contribution in [0.1, 0.15) is 18.4 Å². The zero-order chi connectivity index (χ0) is 20.4. The van der Waals surface area contributed by atoms with Crippen LogP contribution in [0.25, 0.3) is 0 Å². The van der Waals surface area contributed by atoms with E-state index in [0.717, 1.165) is 11.3 Å². The molecule has 8 heteroatoms. The number of carbonyl (C=O) groups is 2. The molecule has 2 aromatic carbocycles. The molecule has 0 saturated heterocycles. The number of ether oxygens (including phenoxy) is 3. The molecule has 2 aromatic rings. The second-order valence-electron chi connectivity index (χ2n) is 5.92. The second-order valence-corrected chi connectivity index (χ2v) is 6.36. The monoisotopic (exact) mass is 406 g/mol. The number of hydrogen-bond donors (Lipinski definition) is 2. The van der Waals surface area contributed by atoms with Gasteiger partial charge in [-0.3, -0.25) is 20.4 Å². The standard InChI is InChI=1S/C20H23ClN2O5/c1-14-12-15(21)5-10-18(14)27-11-3-4-19(24)22-23-20(25)13-28-17-8-6-16(26-2)7-9-17/h5-10,12H,3-4,11,13H2,1-2H3,(H,22,24)(H,23,25). The minimum atomic E-state index is -0.461. The predicted octanol–water partition coefficient (Wildman–Crippen LogP) is 3.04. The van der Waals surface area contributed by atoms with Gasteiger partial charge in [-0.25, -0.2) is 0 Å². The van der Waals surface area contributed by atoms with Crippen molar-refractivity contribution in [1.29, 1.82) is 0 Å². The van der Waals surface area contributed by atoms with Gasteiger partial charge in [0.1, 0.15) is 17.2 Å². The van der Waals surface area contributed by atoms with Crippen molar-refractivity contribution in [3.63, 3.8) is 0 Å². The van der Waals surface area contributed by atoms with E-state index in [2.05, 4.69) is 10.9 Å². The molecule has 0 aliphatic heterocycles. The first kappa shape index (κ1) is 21.4. The van der Waals surface area contributed by atoms with Gasteiger partial charge in [0, 0.05) is 11.4 Å². The summed E-state index contributed by atoms with van der Waals surface area (Å²) < 4.78 is 16.0. The number of hydrogen-bond acceptors (Lipinski definition) is 5. The normalized spacial score (nSPS) is 10.1. The lowest BCUT2D eigenvalue weighted by atomic mass is 10.2. The maximum atomic E-state index is 11.8. The fourth-order valence-corrected chi connectivity index (χ4v) is 2.48. The summed E-state index contributed by atoms with van der Waals surface area (Å²) >= 11 is 5.89. The molecule has 0 aromatic heterocycles. The Kier molecular flexibility index (Phi) is 8.42. The van der Waals surface area contributed by atoms with E-state index in [4.69, 9.17) is 25.8 Å². The number of rotatable bonds is 9. The Morgan fingerprint density at radius 3 is 2.32 bits per heavy atom. The Balaban J connectivity index is 1.58. The first-order valence-electron chi connectivity index (χ1n) is 8.71. The second kappa shape index (κ2) is 11.0. The van der Waals surface area contributed by atoms with Crippen LogP contribution < -0.4 is 25.1 Å². The first-order chi connectivity index (χ1) is 13.5. The number of nitrogens with one attached hydrogen (secondary N) is 2. The Hall–Kier alpha value is -2.93. The van der Waals surface area contributed by atoms with Gasteiger partial charge in [-0.2, -0.15) is 0 Å². The number of aryl methyl sites for hydroxylation is 1. The third-order valence-corrected chi connectivity index (χ3v) is 3.95. The van der Waals surface area contributed by atoms with Gasteiger partial charge in [0.25, 0.3) is 5.91 Å². The van der Waals surface area contributed by atoms with Crippen LogP contribution in [0, 0.1) is 6.92 Å². The van der Waals surface area contributed by atoms with Gasteiger partial charge in [-0.05, 0) is 61.4 Å². The molecule has 2 N–H and O–H groups in total. The molecule has 28 heavy (non-hydrogen) atoms. The molecule has 0 bridgehead atoms. The highest BCUT2D eigenvalue weighted by Gasteiger charge is 2.07. The SMILES string of the molecule is COc1ccc(OCC(=O)NNC(=O)CCCOc2ccc(Cl)cc2C)cc1. The average molecular weight is 407 g/mol. The molecule has 0 unspecified atom stereocenters. The van der Waals surface area contributed by atoms with Crippen LogP contribution in [0.4, 0.5) is 0 Å². The summed E-state index contributed by atoms with van der Waals surface area (Å²) in [5.41, 5.74) is 5.58. The van der Waals surface area contributed by atoms with Crippen LogP contribution in [0.3, 0.4) is 0 Å². The topological polar surface area (TPSA) is 85.9 Å². The van der Waals surface area contributed by atoms with Crippen LogP contribution in [0.5, 0.6) is 17.2 Å². The molecule has 2 amide bonds. The molecule has 0 fully saturated rings. The first-order valence-corrected chi connectivity index (χ1v) is 9.09. The van der Waals surface area contributed by atoms with Gasteiger partial charge in [0.2, 0.25) is 5.91 Å². The van der Waals surface area contributed by atoms with Crippen molar-refractivity contribution in [1.82, 2.24) is 10.9 Å². The Morgan fingerprint density at radius 1 is 0.964 bits per heavy atom. The molecule has 0 saturated carbocycles.